The second-order valence-electron chi connectivity index (χ2n) is 7.54. The summed E-state index contributed by atoms with van der Waals surface area (Å²) in [6, 6.07) is 30.2. The molecule has 162 valence electrons. The molecule has 0 saturated carbocycles. The lowest BCUT2D eigenvalue weighted by atomic mass is 10.0. The quantitative estimate of drug-likeness (QED) is 0.125. The fourth-order valence-corrected chi connectivity index (χ4v) is 4.23. The highest BCUT2D eigenvalue weighted by atomic mass is 32.2. The molecule has 5 heteroatoms. The van der Waals surface area contributed by atoms with E-state index in [2.05, 4.69) is 0 Å². The van der Waals surface area contributed by atoms with Crippen molar-refractivity contribution in [2.45, 2.75) is 16.7 Å². The Morgan fingerprint density at radius 1 is 0.848 bits per heavy atom. The number of ketones is 1. The maximum Gasteiger partial charge on any atom is 0.283 e. The standard InChI is InChI=1S/C28H21NO3S/c1-20-7-15-25(16-8-20)33-28-18-10-21(19-26(28)29(31)32)9-17-27(30)24-13-11-23(12-14-24)22-5-3-2-4-6-22/h2-19H,1H3. The Hall–Kier alpha value is -3.96. The Kier molecular flexibility index (Phi) is 6.81. The number of nitro benzene ring substituents is 1. The molecule has 0 atom stereocenters. The van der Waals surface area contributed by atoms with E-state index in [-0.39, 0.29) is 11.5 Å². The van der Waals surface area contributed by atoms with E-state index in [9.17, 15) is 14.9 Å². The van der Waals surface area contributed by atoms with Crippen molar-refractivity contribution in [3.05, 3.63) is 130 Å². The minimum Gasteiger partial charge on any atom is -0.289 e. The van der Waals surface area contributed by atoms with E-state index in [1.165, 1.54) is 23.9 Å². The molecule has 0 aliphatic carbocycles. The van der Waals surface area contributed by atoms with Gasteiger partial charge >= 0.3 is 0 Å². The first-order valence-corrected chi connectivity index (χ1v) is 11.2. The summed E-state index contributed by atoms with van der Waals surface area (Å²) in [6.07, 6.45) is 3.06. The number of hydrogen-bond acceptors (Lipinski definition) is 4. The third-order valence-electron chi connectivity index (χ3n) is 5.13. The molecule has 0 aromatic heterocycles. The van der Waals surface area contributed by atoms with Gasteiger partial charge in [0.2, 0.25) is 0 Å². The highest BCUT2D eigenvalue weighted by Crippen LogP contribution is 2.35. The summed E-state index contributed by atoms with van der Waals surface area (Å²) >= 11 is 1.35. The van der Waals surface area contributed by atoms with E-state index < -0.39 is 4.92 Å². The van der Waals surface area contributed by atoms with Gasteiger partial charge in [-0.2, -0.15) is 0 Å². The zero-order chi connectivity index (χ0) is 23.2. The summed E-state index contributed by atoms with van der Waals surface area (Å²) in [5.41, 5.74) is 4.43. The Bertz CT molecular complexity index is 1310. The van der Waals surface area contributed by atoms with Gasteiger partial charge in [-0.05, 0) is 47.9 Å². The number of carbonyl (C=O) groups is 1. The molecule has 0 bridgehead atoms. The number of carbonyl (C=O) groups excluding carboxylic acids is 1. The summed E-state index contributed by atoms with van der Waals surface area (Å²) in [5, 5.41) is 11.6. The lowest BCUT2D eigenvalue weighted by Crippen LogP contribution is -1.94. The van der Waals surface area contributed by atoms with Crippen LogP contribution in [0.3, 0.4) is 0 Å². The van der Waals surface area contributed by atoms with Crippen LogP contribution in [0.4, 0.5) is 5.69 Å². The number of rotatable bonds is 7. The SMILES string of the molecule is Cc1ccc(Sc2ccc(C=CC(=O)c3ccc(-c4ccccc4)cc3)cc2[N+](=O)[O-])cc1. The molecule has 0 radical (unpaired) electrons. The molecule has 4 rings (SSSR count). The summed E-state index contributed by atoms with van der Waals surface area (Å²) in [7, 11) is 0. The molecule has 0 N–H and O–H groups in total. The van der Waals surface area contributed by atoms with Gasteiger partial charge in [-0.15, -0.1) is 0 Å². The highest BCUT2D eigenvalue weighted by molar-refractivity contribution is 7.99. The van der Waals surface area contributed by atoms with Crippen molar-refractivity contribution in [2.75, 3.05) is 0 Å². The van der Waals surface area contributed by atoms with Gasteiger partial charge in [-0.25, -0.2) is 0 Å². The maximum atomic E-state index is 12.6. The van der Waals surface area contributed by atoms with Gasteiger partial charge in [0.15, 0.2) is 5.78 Å². The van der Waals surface area contributed by atoms with Crippen molar-refractivity contribution in [3.63, 3.8) is 0 Å². The molecule has 0 saturated heterocycles. The van der Waals surface area contributed by atoms with E-state index in [1.54, 1.807) is 30.3 Å². The first-order chi connectivity index (χ1) is 16.0. The predicted octanol–water partition coefficient (Wildman–Crippen LogP) is 7.62. The second kappa shape index (κ2) is 10.1. The Labute approximate surface area is 196 Å². The van der Waals surface area contributed by atoms with Crippen LogP contribution >= 0.6 is 11.8 Å². The average Bonchev–Trinajstić information content (AvgIpc) is 2.85. The van der Waals surface area contributed by atoms with Crippen molar-refractivity contribution in [2.24, 2.45) is 0 Å². The Morgan fingerprint density at radius 3 is 2.18 bits per heavy atom. The molecule has 4 aromatic rings. The summed E-state index contributed by atoms with van der Waals surface area (Å²) in [6.45, 7) is 2.00. The smallest absolute Gasteiger partial charge is 0.283 e. The number of hydrogen-bond donors (Lipinski definition) is 0. The molecule has 4 nitrogen and oxygen atoms in total. The number of benzene rings is 4. The summed E-state index contributed by atoms with van der Waals surface area (Å²) < 4.78 is 0. The van der Waals surface area contributed by atoms with Crippen LogP contribution in [-0.4, -0.2) is 10.7 Å². The van der Waals surface area contributed by atoms with Crippen molar-refractivity contribution in [1.82, 2.24) is 0 Å². The van der Waals surface area contributed by atoms with Crippen molar-refractivity contribution < 1.29 is 9.72 Å². The molecular weight excluding hydrogens is 430 g/mol. The number of allylic oxidation sites excluding steroid dienone is 1. The van der Waals surface area contributed by atoms with Crippen LogP contribution in [-0.2, 0) is 0 Å². The van der Waals surface area contributed by atoms with Gasteiger partial charge in [0, 0.05) is 16.5 Å². The highest BCUT2D eigenvalue weighted by Gasteiger charge is 2.15. The maximum absolute atomic E-state index is 12.6. The van der Waals surface area contributed by atoms with Crippen molar-refractivity contribution in [3.8, 4) is 11.1 Å². The first-order valence-electron chi connectivity index (χ1n) is 10.4. The summed E-state index contributed by atoms with van der Waals surface area (Å²) in [4.78, 5) is 25.3. The molecule has 0 amide bonds. The fourth-order valence-electron chi connectivity index (χ4n) is 3.33. The molecule has 0 unspecified atom stereocenters. The van der Waals surface area contributed by atoms with Gasteiger partial charge < -0.3 is 0 Å². The van der Waals surface area contributed by atoms with E-state index >= 15 is 0 Å². The van der Waals surface area contributed by atoms with Crippen LogP contribution in [0.15, 0.2) is 113 Å². The number of nitrogens with zero attached hydrogens (tertiary/aromatic N) is 1. The molecule has 0 heterocycles. The normalized spacial score (nSPS) is 10.9. The molecule has 4 aromatic carbocycles. The summed E-state index contributed by atoms with van der Waals surface area (Å²) in [5.74, 6) is -0.157. The topological polar surface area (TPSA) is 60.2 Å². The molecule has 0 aliphatic rings. The van der Waals surface area contributed by atoms with Gasteiger partial charge in [-0.3, -0.25) is 14.9 Å². The van der Waals surface area contributed by atoms with Crippen LogP contribution < -0.4 is 0 Å². The number of aryl methyl sites for hydroxylation is 1. The lowest BCUT2D eigenvalue weighted by molar-refractivity contribution is -0.387. The molecule has 0 spiro atoms. The van der Waals surface area contributed by atoms with Crippen LogP contribution in [0, 0.1) is 17.0 Å². The largest absolute Gasteiger partial charge is 0.289 e. The van der Waals surface area contributed by atoms with Crippen molar-refractivity contribution in [1.29, 1.82) is 0 Å². The van der Waals surface area contributed by atoms with Crippen LogP contribution in [0.1, 0.15) is 21.5 Å². The minimum absolute atomic E-state index is 0.0161. The number of nitro groups is 1. The average molecular weight is 452 g/mol. The molecule has 33 heavy (non-hydrogen) atoms. The van der Waals surface area contributed by atoms with E-state index in [4.69, 9.17) is 0 Å². The monoisotopic (exact) mass is 451 g/mol. The Balaban J connectivity index is 1.50. The molecule has 0 fully saturated rings. The zero-order valence-corrected chi connectivity index (χ0v) is 18.8. The van der Waals surface area contributed by atoms with Gasteiger partial charge in [0.25, 0.3) is 5.69 Å². The fraction of sp³-hybridized carbons (Fsp3) is 0.0357. The van der Waals surface area contributed by atoms with Crippen molar-refractivity contribution >= 4 is 29.3 Å². The van der Waals surface area contributed by atoms with E-state index in [1.807, 2.05) is 73.7 Å². The van der Waals surface area contributed by atoms with Gasteiger partial charge in [0.1, 0.15) is 0 Å². The lowest BCUT2D eigenvalue weighted by Gasteiger charge is -2.05. The third-order valence-corrected chi connectivity index (χ3v) is 6.21. The molecule has 0 aliphatic heterocycles. The van der Waals surface area contributed by atoms with Gasteiger partial charge in [0.05, 0.1) is 9.82 Å². The van der Waals surface area contributed by atoms with Crippen LogP contribution in [0.2, 0.25) is 0 Å². The predicted molar refractivity (Wildman–Crippen MR) is 134 cm³/mol. The minimum atomic E-state index is -0.391. The molecular formula is C28H21NO3S. The Morgan fingerprint density at radius 2 is 1.52 bits per heavy atom. The van der Waals surface area contributed by atoms with Gasteiger partial charge in [-0.1, -0.05) is 96.2 Å². The first kappa shape index (κ1) is 22.2. The third kappa shape index (κ3) is 5.64. The van der Waals surface area contributed by atoms with E-state index in [0.717, 1.165) is 21.6 Å². The van der Waals surface area contributed by atoms with Crippen LogP contribution in [0.25, 0.3) is 17.2 Å². The van der Waals surface area contributed by atoms with Crippen LogP contribution in [0.5, 0.6) is 0 Å². The second-order valence-corrected chi connectivity index (χ2v) is 8.66. The zero-order valence-electron chi connectivity index (χ0n) is 18.0. The van der Waals surface area contributed by atoms with E-state index in [0.29, 0.717) is 16.0 Å².